The second-order valence-corrected chi connectivity index (χ2v) is 5.22. The summed E-state index contributed by atoms with van der Waals surface area (Å²) in [5, 5.41) is 17.7. The fourth-order valence-electron chi connectivity index (χ4n) is 1.67. The van der Waals surface area contributed by atoms with Crippen LogP contribution in [0.1, 0.15) is 47.0 Å². The number of rotatable bonds is 8. The zero-order chi connectivity index (χ0) is 13.5. The van der Waals surface area contributed by atoms with E-state index in [1.165, 1.54) is 0 Å². The molecule has 0 aliphatic carbocycles. The minimum atomic E-state index is -0.787. The molecule has 0 rings (SSSR count). The lowest BCUT2D eigenvalue weighted by Gasteiger charge is -2.27. The highest BCUT2D eigenvalue weighted by Crippen LogP contribution is 2.21. The summed E-state index contributed by atoms with van der Waals surface area (Å²) in [4.78, 5) is 12.7. The molecule has 0 saturated carbocycles. The van der Waals surface area contributed by atoms with Crippen molar-refractivity contribution in [1.29, 1.82) is 5.26 Å². The summed E-state index contributed by atoms with van der Waals surface area (Å²) in [5.74, 6) is -0.787. The lowest BCUT2D eigenvalue weighted by molar-refractivity contribution is -0.138. The van der Waals surface area contributed by atoms with Gasteiger partial charge in [0.2, 0.25) is 0 Å². The van der Waals surface area contributed by atoms with Gasteiger partial charge in [0.15, 0.2) is 0 Å². The average Bonchev–Trinajstić information content (AvgIpc) is 2.26. The van der Waals surface area contributed by atoms with Gasteiger partial charge in [-0.1, -0.05) is 6.92 Å². The van der Waals surface area contributed by atoms with Gasteiger partial charge in [-0.2, -0.15) is 5.26 Å². The molecule has 1 unspecified atom stereocenters. The van der Waals surface area contributed by atoms with Gasteiger partial charge in [0.1, 0.15) is 0 Å². The maximum atomic E-state index is 10.8. The summed E-state index contributed by atoms with van der Waals surface area (Å²) in [5.41, 5.74) is -0.315. The first kappa shape index (κ1) is 15.9. The number of hydrogen-bond donors (Lipinski definition) is 1. The molecular formula is C13H24N2O2. The quantitative estimate of drug-likeness (QED) is 0.708. The molecule has 0 aromatic rings. The van der Waals surface area contributed by atoms with Crippen molar-refractivity contribution in [2.24, 2.45) is 5.41 Å². The molecule has 1 N–H and O–H groups in total. The van der Waals surface area contributed by atoms with E-state index in [1.807, 2.05) is 25.7 Å². The summed E-state index contributed by atoms with van der Waals surface area (Å²) >= 11 is 0. The number of carboxylic acids is 1. The van der Waals surface area contributed by atoms with Crippen LogP contribution in [-0.2, 0) is 4.79 Å². The van der Waals surface area contributed by atoms with Crippen molar-refractivity contribution in [3.8, 4) is 6.07 Å². The summed E-state index contributed by atoms with van der Waals surface area (Å²) in [6.45, 7) is 8.75. The molecule has 0 heterocycles. The monoisotopic (exact) mass is 240 g/mol. The van der Waals surface area contributed by atoms with Crippen LogP contribution < -0.4 is 0 Å². The minimum absolute atomic E-state index is 0.0853. The van der Waals surface area contributed by atoms with E-state index in [0.29, 0.717) is 0 Å². The number of aliphatic carboxylic acids is 1. The molecule has 0 spiro atoms. The topological polar surface area (TPSA) is 64.3 Å². The Morgan fingerprint density at radius 2 is 2.12 bits per heavy atom. The lowest BCUT2D eigenvalue weighted by atomic mass is 9.89. The molecule has 0 saturated heterocycles. The van der Waals surface area contributed by atoms with Crippen molar-refractivity contribution in [3.05, 3.63) is 0 Å². The second kappa shape index (κ2) is 7.29. The number of carbonyl (C=O) groups is 1. The van der Waals surface area contributed by atoms with Crippen LogP contribution in [0.5, 0.6) is 0 Å². The van der Waals surface area contributed by atoms with E-state index in [9.17, 15) is 4.79 Å². The van der Waals surface area contributed by atoms with E-state index >= 15 is 0 Å². The highest BCUT2D eigenvalue weighted by Gasteiger charge is 2.19. The van der Waals surface area contributed by atoms with Crippen LogP contribution in [0.4, 0.5) is 0 Å². The number of carboxylic acid groups (broad SMARTS) is 1. The van der Waals surface area contributed by atoms with Crippen LogP contribution in [0.25, 0.3) is 0 Å². The Morgan fingerprint density at radius 1 is 1.53 bits per heavy atom. The lowest BCUT2D eigenvalue weighted by Crippen LogP contribution is -2.38. The smallest absolute Gasteiger partial charge is 0.317 e. The standard InChI is InChI=1S/C13H24N2O2/c1-5-11(2)15(9-12(16)17)8-6-7-13(3,4)10-14/h11H,5-9H2,1-4H3,(H,16,17). The van der Waals surface area contributed by atoms with Gasteiger partial charge in [-0.15, -0.1) is 0 Å². The molecule has 98 valence electrons. The Morgan fingerprint density at radius 3 is 2.53 bits per heavy atom. The molecule has 0 bridgehead atoms. The fraction of sp³-hybridized carbons (Fsp3) is 0.846. The molecular weight excluding hydrogens is 216 g/mol. The molecule has 17 heavy (non-hydrogen) atoms. The predicted molar refractivity (Wildman–Crippen MR) is 67.6 cm³/mol. The van der Waals surface area contributed by atoms with E-state index in [-0.39, 0.29) is 18.0 Å². The Hall–Kier alpha value is -1.08. The van der Waals surface area contributed by atoms with Crippen molar-refractivity contribution in [3.63, 3.8) is 0 Å². The van der Waals surface area contributed by atoms with Gasteiger partial charge in [-0.25, -0.2) is 0 Å². The third-order valence-corrected chi connectivity index (χ3v) is 3.10. The van der Waals surface area contributed by atoms with Crippen molar-refractivity contribution >= 4 is 5.97 Å². The van der Waals surface area contributed by atoms with Crippen LogP contribution in [0.15, 0.2) is 0 Å². The average molecular weight is 240 g/mol. The van der Waals surface area contributed by atoms with Crippen LogP contribution >= 0.6 is 0 Å². The zero-order valence-corrected chi connectivity index (χ0v) is 11.4. The maximum Gasteiger partial charge on any atom is 0.317 e. The van der Waals surface area contributed by atoms with Gasteiger partial charge in [-0.3, -0.25) is 9.69 Å². The second-order valence-electron chi connectivity index (χ2n) is 5.22. The van der Waals surface area contributed by atoms with Gasteiger partial charge in [0.25, 0.3) is 0 Å². The van der Waals surface area contributed by atoms with Crippen LogP contribution in [0.3, 0.4) is 0 Å². The third kappa shape index (κ3) is 6.96. The van der Waals surface area contributed by atoms with Gasteiger partial charge >= 0.3 is 5.97 Å². The Kier molecular flexibility index (Phi) is 6.82. The molecule has 4 nitrogen and oxygen atoms in total. The summed E-state index contributed by atoms with van der Waals surface area (Å²) < 4.78 is 0. The Bertz CT molecular complexity index is 282. The number of hydrogen-bond acceptors (Lipinski definition) is 3. The molecule has 0 aromatic heterocycles. The predicted octanol–water partition coefficient (Wildman–Crippen LogP) is 2.50. The van der Waals surface area contributed by atoms with Crippen molar-refractivity contribution in [1.82, 2.24) is 4.90 Å². The van der Waals surface area contributed by atoms with E-state index < -0.39 is 5.97 Å². The largest absolute Gasteiger partial charge is 0.480 e. The molecule has 0 aliphatic heterocycles. The normalized spacial score (nSPS) is 13.4. The van der Waals surface area contributed by atoms with E-state index in [1.54, 1.807) is 0 Å². The van der Waals surface area contributed by atoms with Crippen LogP contribution in [-0.4, -0.2) is 35.1 Å². The van der Waals surface area contributed by atoms with Crippen LogP contribution in [0.2, 0.25) is 0 Å². The maximum absolute atomic E-state index is 10.8. The summed E-state index contributed by atoms with van der Waals surface area (Å²) in [6, 6.07) is 2.54. The Labute approximate surface area is 104 Å². The highest BCUT2D eigenvalue weighted by molar-refractivity contribution is 5.69. The van der Waals surface area contributed by atoms with Crippen molar-refractivity contribution in [2.75, 3.05) is 13.1 Å². The number of nitrogens with zero attached hydrogens (tertiary/aromatic N) is 2. The molecule has 0 aromatic carbocycles. The molecule has 4 heteroatoms. The highest BCUT2D eigenvalue weighted by atomic mass is 16.4. The van der Waals surface area contributed by atoms with Gasteiger partial charge in [-0.05, 0) is 46.6 Å². The first-order valence-electron chi connectivity index (χ1n) is 6.19. The first-order chi connectivity index (χ1) is 7.82. The fourth-order valence-corrected chi connectivity index (χ4v) is 1.67. The van der Waals surface area contributed by atoms with E-state index in [0.717, 1.165) is 25.8 Å². The van der Waals surface area contributed by atoms with Crippen molar-refractivity contribution < 1.29 is 9.90 Å². The first-order valence-corrected chi connectivity index (χ1v) is 6.19. The van der Waals surface area contributed by atoms with E-state index in [4.69, 9.17) is 10.4 Å². The van der Waals surface area contributed by atoms with Crippen molar-refractivity contribution in [2.45, 2.75) is 53.0 Å². The minimum Gasteiger partial charge on any atom is -0.480 e. The van der Waals surface area contributed by atoms with Gasteiger partial charge in [0, 0.05) is 6.04 Å². The SMILES string of the molecule is CCC(C)N(CCCC(C)(C)C#N)CC(=O)O. The Balaban J connectivity index is 4.18. The van der Waals surface area contributed by atoms with Gasteiger partial charge < -0.3 is 5.11 Å². The molecule has 0 radical (unpaired) electrons. The summed E-state index contributed by atoms with van der Waals surface area (Å²) in [6.07, 6.45) is 2.60. The van der Waals surface area contributed by atoms with Gasteiger partial charge in [0.05, 0.1) is 18.0 Å². The van der Waals surface area contributed by atoms with E-state index in [2.05, 4.69) is 13.0 Å². The zero-order valence-electron chi connectivity index (χ0n) is 11.4. The molecule has 0 fully saturated rings. The molecule has 0 amide bonds. The molecule has 1 atom stereocenters. The number of nitriles is 1. The molecule has 0 aliphatic rings. The van der Waals surface area contributed by atoms with Crippen LogP contribution in [0, 0.1) is 16.7 Å². The third-order valence-electron chi connectivity index (χ3n) is 3.10. The summed E-state index contributed by atoms with van der Waals surface area (Å²) in [7, 11) is 0.